The largest absolute Gasteiger partial charge is 0.493 e. The van der Waals surface area contributed by atoms with Crippen LogP contribution in [0, 0.1) is 5.82 Å². The number of para-hydroxylation sites is 1. The molecule has 0 aliphatic heterocycles. The van der Waals surface area contributed by atoms with Gasteiger partial charge in [-0.15, -0.1) is 0 Å². The van der Waals surface area contributed by atoms with E-state index in [1.54, 1.807) is 12.1 Å². The van der Waals surface area contributed by atoms with Gasteiger partial charge in [0.05, 0.1) is 12.8 Å². The molecule has 0 aliphatic carbocycles. The summed E-state index contributed by atoms with van der Waals surface area (Å²) in [6, 6.07) is 7.28. The Morgan fingerprint density at radius 1 is 1.25 bits per heavy atom. The van der Waals surface area contributed by atoms with Gasteiger partial charge in [-0.2, -0.15) is 0 Å². The number of ether oxygens (including phenoxy) is 1. The molecule has 0 saturated heterocycles. The Morgan fingerprint density at radius 3 is 2.80 bits per heavy atom. The molecule has 1 heterocycles. The Hall–Kier alpha value is -2.17. The third-order valence-corrected chi connectivity index (χ3v) is 2.72. The summed E-state index contributed by atoms with van der Waals surface area (Å²) in [4.78, 5) is 8.19. The molecule has 0 spiro atoms. The van der Waals surface area contributed by atoms with E-state index in [-0.39, 0.29) is 5.69 Å². The minimum atomic E-state index is -0.459. The monoisotopic (exact) mass is 275 g/mol. The summed E-state index contributed by atoms with van der Waals surface area (Å²) >= 11 is 0. The molecule has 0 saturated carbocycles. The van der Waals surface area contributed by atoms with Gasteiger partial charge >= 0.3 is 0 Å². The molecule has 4 nitrogen and oxygen atoms in total. The van der Waals surface area contributed by atoms with E-state index >= 15 is 0 Å². The van der Waals surface area contributed by atoms with Gasteiger partial charge < -0.3 is 10.1 Å². The molecule has 0 radical (unpaired) electrons. The third-order valence-electron chi connectivity index (χ3n) is 2.72. The SMILES string of the molecule is CCCNc1ncc(F)c(-c2ccccc2OCC)n1. The average molecular weight is 275 g/mol. The molecule has 0 unspecified atom stereocenters. The number of aromatic nitrogens is 2. The van der Waals surface area contributed by atoms with Crippen LogP contribution in [0.4, 0.5) is 10.3 Å². The molecule has 1 N–H and O–H groups in total. The van der Waals surface area contributed by atoms with Crippen LogP contribution in [-0.2, 0) is 0 Å². The van der Waals surface area contributed by atoms with Gasteiger partial charge in [-0.3, -0.25) is 0 Å². The fourth-order valence-corrected chi connectivity index (χ4v) is 1.82. The number of benzene rings is 1. The van der Waals surface area contributed by atoms with Crippen LogP contribution in [0.1, 0.15) is 20.3 Å². The van der Waals surface area contributed by atoms with Crippen molar-refractivity contribution in [2.24, 2.45) is 0 Å². The second kappa shape index (κ2) is 6.84. The average Bonchev–Trinajstić information content (AvgIpc) is 2.47. The van der Waals surface area contributed by atoms with Crippen LogP contribution in [0.3, 0.4) is 0 Å². The van der Waals surface area contributed by atoms with Gasteiger partial charge in [0.25, 0.3) is 0 Å². The highest BCUT2D eigenvalue weighted by Crippen LogP contribution is 2.30. The van der Waals surface area contributed by atoms with Crippen molar-refractivity contribution < 1.29 is 9.13 Å². The van der Waals surface area contributed by atoms with Gasteiger partial charge in [0.15, 0.2) is 5.82 Å². The van der Waals surface area contributed by atoms with E-state index < -0.39 is 5.82 Å². The Kier molecular flexibility index (Phi) is 4.87. The fourth-order valence-electron chi connectivity index (χ4n) is 1.82. The molecule has 0 aliphatic rings. The van der Waals surface area contributed by atoms with Gasteiger partial charge in [0.2, 0.25) is 5.95 Å². The topological polar surface area (TPSA) is 47.0 Å². The molecule has 0 fully saturated rings. The maximum atomic E-state index is 14.0. The van der Waals surface area contributed by atoms with Gasteiger partial charge in [-0.05, 0) is 25.5 Å². The van der Waals surface area contributed by atoms with Crippen molar-refractivity contribution in [3.05, 3.63) is 36.3 Å². The summed E-state index contributed by atoms with van der Waals surface area (Å²) in [5, 5.41) is 3.05. The van der Waals surface area contributed by atoms with Gasteiger partial charge in [-0.25, -0.2) is 14.4 Å². The summed E-state index contributed by atoms with van der Waals surface area (Å²) in [7, 11) is 0. The lowest BCUT2D eigenvalue weighted by Crippen LogP contribution is -2.06. The van der Waals surface area contributed by atoms with E-state index in [2.05, 4.69) is 15.3 Å². The molecule has 0 atom stereocenters. The maximum Gasteiger partial charge on any atom is 0.223 e. The first-order chi connectivity index (χ1) is 9.76. The predicted octanol–water partition coefficient (Wildman–Crippen LogP) is 3.50. The first-order valence-electron chi connectivity index (χ1n) is 6.74. The Morgan fingerprint density at radius 2 is 2.05 bits per heavy atom. The summed E-state index contributed by atoms with van der Waals surface area (Å²) < 4.78 is 19.5. The number of rotatable bonds is 6. The zero-order valence-corrected chi connectivity index (χ0v) is 11.7. The Balaban J connectivity index is 2.40. The van der Waals surface area contributed by atoms with Crippen LogP contribution in [0.25, 0.3) is 11.3 Å². The number of halogens is 1. The fraction of sp³-hybridized carbons (Fsp3) is 0.333. The van der Waals surface area contributed by atoms with E-state index in [1.807, 2.05) is 26.0 Å². The smallest absolute Gasteiger partial charge is 0.223 e. The van der Waals surface area contributed by atoms with Crippen molar-refractivity contribution in [1.82, 2.24) is 9.97 Å². The normalized spacial score (nSPS) is 10.3. The lowest BCUT2D eigenvalue weighted by atomic mass is 10.1. The molecule has 20 heavy (non-hydrogen) atoms. The second-order valence-corrected chi connectivity index (χ2v) is 4.25. The quantitative estimate of drug-likeness (QED) is 0.876. The molecular weight excluding hydrogens is 257 g/mol. The minimum Gasteiger partial charge on any atom is -0.493 e. The van der Waals surface area contributed by atoms with E-state index in [1.165, 1.54) is 6.20 Å². The van der Waals surface area contributed by atoms with Crippen molar-refractivity contribution in [1.29, 1.82) is 0 Å². The number of nitrogens with zero attached hydrogens (tertiary/aromatic N) is 2. The van der Waals surface area contributed by atoms with Gasteiger partial charge in [0.1, 0.15) is 11.4 Å². The van der Waals surface area contributed by atoms with E-state index in [4.69, 9.17) is 4.74 Å². The van der Waals surface area contributed by atoms with Crippen LogP contribution in [0.5, 0.6) is 5.75 Å². The lowest BCUT2D eigenvalue weighted by Gasteiger charge is -2.11. The van der Waals surface area contributed by atoms with Crippen molar-refractivity contribution in [2.75, 3.05) is 18.5 Å². The lowest BCUT2D eigenvalue weighted by molar-refractivity contribution is 0.341. The van der Waals surface area contributed by atoms with Crippen LogP contribution < -0.4 is 10.1 Å². The second-order valence-electron chi connectivity index (χ2n) is 4.25. The van der Waals surface area contributed by atoms with Crippen LogP contribution in [-0.4, -0.2) is 23.1 Å². The van der Waals surface area contributed by atoms with Crippen molar-refractivity contribution in [3.63, 3.8) is 0 Å². The molecular formula is C15H18FN3O. The predicted molar refractivity (Wildman–Crippen MR) is 77.4 cm³/mol. The summed E-state index contributed by atoms with van der Waals surface area (Å²) in [6.07, 6.45) is 2.13. The number of hydrogen-bond donors (Lipinski definition) is 1. The van der Waals surface area contributed by atoms with Crippen molar-refractivity contribution in [2.45, 2.75) is 20.3 Å². The van der Waals surface area contributed by atoms with Gasteiger partial charge in [0, 0.05) is 12.1 Å². The number of anilines is 1. The zero-order chi connectivity index (χ0) is 14.4. The molecule has 0 amide bonds. The van der Waals surface area contributed by atoms with E-state index in [9.17, 15) is 4.39 Å². The Bertz CT molecular complexity index is 575. The zero-order valence-electron chi connectivity index (χ0n) is 11.7. The van der Waals surface area contributed by atoms with E-state index in [0.717, 1.165) is 13.0 Å². The standard InChI is InChI=1S/C15H18FN3O/c1-3-9-17-15-18-10-12(16)14(19-15)11-7-5-6-8-13(11)20-4-2/h5-8,10H,3-4,9H2,1-2H3,(H,17,18,19). The molecule has 1 aromatic heterocycles. The highest BCUT2D eigenvalue weighted by Gasteiger charge is 2.13. The summed E-state index contributed by atoms with van der Waals surface area (Å²) in [5.41, 5.74) is 0.886. The first-order valence-corrected chi connectivity index (χ1v) is 6.74. The molecule has 2 aromatic rings. The van der Waals surface area contributed by atoms with Gasteiger partial charge in [-0.1, -0.05) is 19.1 Å². The minimum absolute atomic E-state index is 0.252. The number of hydrogen-bond acceptors (Lipinski definition) is 4. The van der Waals surface area contributed by atoms with Crippen LogP contribution in [0.15, 0.2) is 30.5 Å². The maximum absolute atomic E-state index is 14.0. The van der Waals surface area contributed by atoms with Crippen molar-refractivity contribution >= 4 is 5.95 Å². The Labute approximate surface area is 118 Å². The molecule has 5 heteroatoms. The summed E-state index contributed by atoms with van der Waals surface area (Å²) in [6.45, 7) is 5.20. The highest BCUT2D eigenvalue weighted by atomic mass is 19.1. The molecule has 0 bridgehead atoms. The number of nitrogens with one attached hydrogen (secondary N) is 1. The molecule has 106 valence electrons. The first kappa shape index (κ1) is 14.2. The van der Waals surface area contributed by atoms with Crippen LogP contribution >= 0.6 is 0 Å². The van der Waals surface area contributed by atoms with Crippen LogP contribution in [0.2, 0.25) is 0 Å². The third kappa shape index (κ3) is 3.23. The highest BCUT2D eigenvalue weighted by molar-refractivity contribution is 5.68. The van der Waals surface area contributed by atoms with Crippen molar-refractivity contribution in [3.8, 4) is 17.0 Å². The molecule has 1 aromatic carbocycles. The van der Waals surface area contributed by atoms with E-state index in [0.29, 0.717) is 23.9 Å². The summed E-state index contributed by atoms with van der Waals surface area (Å²) in [5.74, 6) is 0.586. The molecule has 2 rings (SSSR count).